The molecule has 0 aromatic rings. The molecule has 3 nitrogen and oxygen atoms in total. The molecule has 17 heavy (non-hydrogen) atoms. The van der Waals surface area contributed by atoms with Gasteiger partial charge in [-0.25, -0.2) is 0 Å². The molecule has 0 aromatic carbocycles. The Balaban J connectivity index is 1.91. The van der Waals surface area contributed by atoms with Gasteiger partial charge < -0.3 is 14.4 Å². The fourth-order valence-corrected chi connectivity index (χ4v) is 3.15. The van der Waals surface area contributed by atoms with Crippen LogP contribution in [0.2, 0.25) is 0 Å². The molecule has 0 radical (unpaired) electrons. The minimum absolute atomic E-state index is 0.0795. The van der Waals surface area contributed by atoms with E-state index in [-0.39, 0.29) is 5.41 Å². The second-order valence-corrected chi connectivity index (χ2v) is 6.10. The number of carbonyl (C=O) groups is 1. The van der Waals surface area contributed by atoms with Crippen LogP contribution in [-0.2, 0) is 9.53 Å². The molecule has 1 aliphatic carbocycles. The molecule has 1 unspecified atom stereocenters. The summed E-state index contributed by atoms with van der Waals surface area (Å²) in [6, 6.07) is 0.520. The number of hydrogen-bond acceptors (Lipinski definition) is 3. The molecule has 0 bridgehead atoms. The molecule has 0 aromatic heterocycles. The summed E-state index contributed by atoms with van der Waals surface area (Å²) >= 11 is 0. The van der Waals surface area contributed by atoms with Crippen LogP contribution >= 0.6 is 0 Å². The van der Waals surface area contributed by atoms with E-state index in [0.29, 0.717) is 6.04 Å². The molecule has 98 valence electrons. The highest BCUT2D eigenvalue weighted by Gasteiger charge is 2.36. The minimum Gasteiger partial charge on any atom is -0.380 e. The summed E-state index contributed by atoms with van der Waals surface area (Å²) in [6.45, 7) is 4.92. The van der Waals surface area contributed by atoms with Gasteiger partial charge in [0.15, 0.2) is 0 Å². The Kier molecular flexibility index (Phi) is 4.21. The Morgan fingerprint density at radius 2 is 2.06 bits per heavy atom. The van der Waals surface area contributed by atoms with Crippen LogP contribution in [0.15, 0.2) is 0 Å². The molecule has 0 N–H and O–H groups in total. The Bertz CT molecular complexity index is 253. The molecule has 1 saturated heterocycles. The fourth-order valence-electron chi connectivity index (χ4n) is 3.15. The van der Waals surface area contributed by atoms with Crippen LogP contribution in [0.3, 0.4) is 0 Å². The zero-order valence-electron chi connectivity index (χ0n) is 11.2. The third kappa shape index (κ3) is 3.08. The Morgan fingerprint density at radius 3 is 2.59 bits per heavy atom. The Labute approximate surface area is 105 Å². The second kappa shape index (κ2) is 5.49. The summed E-state index contributed by atoms with van der Waals surface area (Å²) < 4.78 is 5.42. The van der Waals surface area contributed by atoms with Crippen molar-refractivity contribution < 1.29 is 9.53 Å². The summed E-state index contributed by atoms with van der Waals surface area (Å²) in [7, 11) is 2.14. The van der Waals surface area contributed by atoms with E-state index in [1.807, 2.05) is 0 Å². The van der Waals surface area contributed by atoms with Gasteiger partial charge in [-0.2, -0.15) is 0 Å². The number of hydrogen-bond donors (Lipinski definition) is 0. The highest BCUT2D eigenvalue weighted by atomic mass is 16.5. The predicted octanol–water partition coefficient (Wildman–Crippen LogP) is 2.10. The van der Waals surface area contributed by atoms with Gasteiger partial charge in [0, 0.05) is 24.6 Å². The van der Waals surface area contributed by atoms with E-state index in [4.69, 9.17) is 4.74 Å². The normalized spacial score (nSPS) is 38.5. The van der Waals surface area contributed by atoms with Crippen LogP contribution in [0.25, 0.3) is 0 Å². The maximum absolute atomic E-state index is 11.5. The van der Waals surface area contributed by atoms with Gasteiger partial charge in [0.1, 0.15) is 6.29 Å². The first-order valence-corrected chi connectivity index (χ1v) is 6.89. The summed E-state index contributed by atoms with van der Waals surface area (Å²) in [4.78, 5) is 13.8. The van der Waals surface area contributed by atoms with Gasteiger partial charge in [0.25, 0.3) is 0 Å². The lowest BCUT2D eigenvalue weighted by Crippen LogP contribution is -2.44. The fraction of sp³-hybridized carbons (Fsp3) is 0.929. The summed E-state index contributed by atoms with van der Waals surface area (Å²) in [5.74, 6) is 0.795. The first-order valence-electron chi connectivity index (χ1n) is 6.89. The van der Waals surface area contributed by atoms with Gasteiger partial charge in [-0.1, -0.05) is 6.92 Å². The van der Waals surface area contributed by atoms with E-state index >= 15 is 0 Å². The third-order valence-electron chi connectivity index (χ3n) is 4.61. The predicted molar refractivity (Wildman–Crippen MR) is 68.0 cm³/mol. The molecule has 1 saturated carbocycles. The highest BCUT2D eigenvalue weighted by molar-refractivity contribution is 5.60. The smallest absolute Gasteiger partial charge is 0.127 e. The standard InChI is InChI=1S/C14H25NO2/c1-12-3-6-14(11-16,7-4-12)10-15(2)13-5-8-17-9-13/h11-13H,3-10H2,1-2H3. The molecule has 2 rings (SSSR count). The van der Waals surface area contributed by atoms with Gasteiger partial charge in [0.05, 0.1) is 6.61 Å². The lowest BCUT2D eigenvalue weighted by molar-refractivity contribution is -0.119. The van der Waals surface area contributed by atoms with E-state index in [2.05, 4.69) is 18.9 Å². The number of nitrogens with zero attached hydrogens (tertiary/aromatic N) is 1. The van der Waals surface area contributed by atoms with Gasteiger partial charge in [-0.05, 0) is 45.1 Å². The third-order valence-corrected chi connectivity index (χ3v) is 4.61. The van der Waals surface area contributed by atoms with Gasteiger partial charge in [-0.15, -0.1) is 0 Å². The number of aldehydes is 1. The molecule has 0 spiro atoms. The zero-order chi connectivity index (χ0) is 12.3. The first kappa shape index (κ1) is 13.0. The van der Waals surface area contributed by atoms with E-state index in [1.54, 1.807) is 0 Å². The quantitative estimate of drug-likeness (QED) is 0.704. The van der Waals surface area contributed by atoms with Crippen molar-refractivity contribution in [3.63, 3.8) is 0 Å². The van der Waals surface area contributed by atoms with Crippen molar-refractivity contribution in [1.82, 2.24) is 4.90 Å². The second-order valence-electron chi connectivity index (χ2n) is 6.10. The maximum atomic E-state index is 11.5. The van der Waals surface area contributed by atoms with Crippen LogP contribution in [0.4, 0.5) is 0 Å². The van der Waals surface area contributed by atoms with Crippen molar-refractivity contribution in [2.45, 2.75) is 45.1 Å². The molecule has 0 amide bonds. The number of ether oxygens (including phenoxy) is 1. The molecule has 3 heteroatoms. The molecule has 2 aliphatic rings. The first-order chi connectivity index (χ1) is 8.15. The molecule has 1 atom stereocenters. The number of carbonyl (C=O) groups excluding carboxylic acids is 1. The van der Waals surface area contributed by atoms with Crippen LogP contribution < -0.4 is 0 Å². The number of rotatable bonds is 4. The topological polar surface area (TPSA) is 29.5 Å². The average Bonchev–Trinajstić information content (AvgIpc) is 2.86. The monoisotopic (exact) mass is 239 g/mol. The lowest BCUT2D eigenvalue weighted by Gasteiger charge is -2.39. The average molecular weight is 239 g/mol. The van der Waals surface area contributed by atoms with Gasteiger partial charge in [-0.3, -0.25) is 0 Å². The van der Waals surface area contributed by atoms with Gasteiger partial charge >= 0.3 is 0 Å². The minimum atomic E-state index is -0.0795. The molecular weight excluding hydrogens is 214 g/mol. The molecule has 2 fully saturated rings. The summed E-state index contributed by atoms with van der Waals surface area (Å²) in [5.41, 5.74) is -0.0795. The maximum Gasteiger partial charge on any atom is 0.127 e. The van der Waals surface area contributed by atoms with Crippen molar-refractivity contribution in [2.75, 3.05) is 26.8 Å². The van der Waals surface area contributed by atoms with Crippen LogP contribution in [-0.4, -0.2) is 44.0 Å². The van der Waals surface area contributed by atoms with Crippen LogP contribution in [0.1, 0.15) is 39.0 Å². The highest BCUT2D eigenvalue weighted by Crippen LogP contribution is 2.38. The molecule has 1 heterocycles. The van der Waals surface area contributed by atoms with Crippen molar-refractivity contribution >= 4 is 6.29 Å². The SMILES string of the molecule is CC1CCC(C=O)(CN(C)C2CCOC2)CC1. The van der Waals surface area contributed by atoms with Gasteiger partial charge in [0.2, 0.25) is 0 Å². The largest absolute Gasteiger partial charge is 0.380 e. The molecular formula is C14H25NO2. The number of likely N-dealkylation sites (N-methyl/N-ethyl adjacent to an activating group) is 1. The zero-order valence-corrected chi connectivity index (χ0v) is 11.2. The lowest BCUT2D eigenvalue weighted by atomic mass is 9.71. The van der Waals surface area contributed by atoms with Crippen molar-refractivity contribution in [3.05, 3.63) is 0 Å². The van der Waals surface area contributed by atoms with Crippen molar-refractivity contribution in [1.29, 1.82) is 0 Å². The summed E-state index contributed by atoms with van der Waals surface area (Å²) in [5, 5.41) is 0. The van der Waals surface area contributed by atoms with E-state index in [0.717, 1.165) is 44.9 Å². The van der Waals surface area contributed by atoms with E-state index in [1.165, 1.54) is 19.1 Å². The van der Waals surface area contributed by atoms with Crippen LogP contribution in [0, 0.1) is 11.3 Å². The van der Waals surface area contributed by atoms with E-state index < -0.39 is 0 Å². The van der Waals surface area contributed by atoms with Crippen molar-refractivity contribution in [2.24, 2.45) is 11.3 Å². The Morgan fingerprint density at radius 1 is 1.35 bits per heavy atom. The summed E-state index contributed by atoms with van der Waals surface area (Å²) in [6.07, 6.45) is 6.87. The van der Waals surface area contributed by atoms with E-state index in [9.17, 15) is 4.79 Å². The van der Waals surface area contributed by atoms with Crippen molar-refractivity contribution in [3.8, 4) is 0 Å². The van der Waals surface area contributed by atoms with Crippen LogP contribution in [0.5, 0.6) is 0 Å². The molecule has 1 aliphatic heterocycles. The Hall–Kier alpha value is -0.410.